The first-order valence-electron chi connectivity index (χ1n) is 6.78. The summed E-state index contributed by atoms with van der Waals surface area (Å²) >= 11 is 1.33. The average Bonchev–Trinajstić information content (AvgIpc) is 2.84. The number of anilines is 1. The zero-order valence-corrected chi connectivity index (χ0v) is 11.5. The molecule has 1 fully saturated rings. The molecule has 1 aromatic rings. The van der Waals surface area contributed by atoms with Gasteiger partial charge in [0, 0.05) is 12.3 Å². The number of amides is 1. The summed E-state index contributed by atoms with van der Waals surface area (Å²) in [6, 6.07) is 0. The van der Waals surface area contributed by atoms with Crippen molar-refractivity contribution in [2.45, 2.75) is 32.1 Å². The molecule has 1 aliphatic carbocycles. The zero-order valence-electron chi connectivity index (χ0n) is 10.7. The Morgan fingerprint density at radius 1 is 1.32 bits per heavy atom. The Labute approximate surface area is 115 Å². The van der Waals surface area contributed by atoms with Crippen molar-refractivity contribution in [3.05, 3.63) is 10.6 Å². The van der Waals surface area contributed by atoms with Crippen LogP contribution in [0.2, 0.25) is 0 Å². The Morgan fingerprint density at radius 2 is 2.11 bits per heavy atom. The third-order valence-corrected chi connectivity index (χ3v) is 4.76. The third-order valence-electron chi connectivity index (χ3n) is 3.71. The van der Waals surface area contributed by atoms with E-state index in [9.17, 15) is 9.59 Å². The summed E-state index contributed by atoms with van der Waals surface area (Å²) in [6.07, 6.45) is 4.07. The SMILES string of the molecule is O=C1CCCc2nc(NC(=O)C3CCNCC3)sc21. The number of Topliss-reactive ketones (excluding diaryl/α,β-unsaturated/α-hetero) is 1. The van der Waals surface area contributed by atoms with Gasteiger partial charge in [0.05, 0.1) is 10.6 Å². The number of aromatic nitrogens is 1. The maximum absolute atomic E-state index is 12.1. The van der Waals surface area contributed by atoms with Gasteiger partial charge >= 0.3 is 0 Å². The number of carbonyl (C=O) groups is 2. The van der Waals surface area contributed by atoms with Gasteiger partial charge in [-0.05, 0) is 38.8 Å². The molecule has 3 rings (SSSR count). The van der Waals surface area contributed by atoms with Gasteiger partial charge in [0.1, 0.15) is 0 Å². The van der Waals surface area contributed by atoms with Gasteiger partial charge in [0.25, 0.3) is 0 Å². The van der Waals surface area contributed by atoms with Crippen LogP contribution in [0.5, 0.6) is 0 Å². The van der Waals surface area contributed by atoms with E-state index in [1.54, 1.807) is 0 Å². The number of nitrogens with one attached hydrogen (secondary N) is 2. The maximum atomic E-state index is 12.1. The van der Waals surface area contributed by atoms with Crippen LogP contribution in [0, 0.1) is 5.92 Å². The lowest BCUT2D eigenvalue weighted by atomic mass is 9.97. The Hall–Kier alpha value is -1.27. The van der Waals surface area contributed by atoms with Crippen LogP contribution in [0.3, 0.4) is 0 Å². The van der Waals surface area contributed by atoms with E-state index in [4.69, 9.17) is 0 Å². The highest BCUT2D eigenvalue weighted by atomic mass is 32.1. The van der Waals surface area contributed by atoms with E-state index in [0.717, 1.165) is 49.3 Å². The summed E-state index contributed by atoms with van der Waals surface area (Å²) < 4.78 is 0. The second-order valence-electron chi connectivity index (χ2n) is 5.09. The molecule has 0 saturated carbocycles. The average molecular weight is 279 g/mol. The molecular formula is C13H17N3O2S. The topological polar surface area (TPSA) is 71.1 Å². The lowest BCUT2D eigenvalue weighted by Gasteiger charge is -2.20. The van der Waals surface area contributed by atoms with Crippen molar-refractivity contribution < 1.29 is 9.59 Å². The normalized spacial score (nSPS) is 20.1. The standard InChI is InChI=1S/C13H17N3O2S/c17-10-3-1-2-9-11(10)19-13(15-9)16-12(18)8-4-6-14-7-5-8/h8,14H,1-7H2,(H,15,16,18). The van der Waals surface area contributed by atoms with E-state index in [0.29, 0.717) is 11.6 Å². The minimum Gasteiger partial charge on any atom is -0.317 e. The van der Waals surface area contributed by atoms with E-state index in [1.807, 2.05) is 0 Å². The molecule has 102 valence electrons. The number of aryl methyl sites for hydroxylation is 1. The molecule has 0 aromatic carbocycles. The van der Waals surface area contributed by atoms with Crippen LogP contribution < -0.4 is 10.6 Å². The fourth-order valence-electron chi connectivity index (χ4n) is 2.61. The molecule has 1 aromatic heterocycles. The lowest BCUT2D eigenvalue weighted by molar-refractivity contribution is -0.120. The molecule has 0 unspecified atom stereocenters. The first kappa shape index (κ1) is 12.7. The molecule has 6 heteroatoms. The summed E-state index contributed by atoms with van der Waals surface area (Å²) in [6.45, 7) is 1.79. The quantitative estimate of drug-likeness (QED) is 0.862. The molecule has 0 radical (unpaired) electrons. The Bertz CT molecular complexity index is 506. The van der Waals surface area contributed by atoms with Crippen LogP contribution in [0.15, 0.2) is 0 Å². The summed E-state index contributed by atoms with van der Waals surface area (Å²) in [7, 11) is 0. The predicted molar refractivity (Wildman–Crippen MR) is 73.6 cm³/mol. The van der Waals surface area contributed by atoms with Gasteiger partial charge in [-0.1, -0.05) is 11.3 Å². The first-order valence-corrected chi connectivity index (χ1v) is 7.60. The molecule has 1 saturated heterocycles. The molecule has 2 heterocycles. The van der Waals surface area contributed by atoms with E-state index >= 15 is 0 Å². The Balaban J connectivity index is 1.69. The van der Waals surface area contributed by atoms with Crippen molar-refractivity contribution in [1.29, 1.82) is 0 Å². The number of carbonyl (C=O) groups excluding carboxylic acids is 2. The molecule has 2 aliphatic rings. The van der Waals surface area contributed by atoms with Gasteiger partial charge in [-0.25, -0.2) is 4.98 Å². The highest BCUT2D eigenvalue weighted by Crippen LogP contribution is 2.30. The molecule has 0 atom stereocenters. The van der Waals surface area contributed by atoms with Crippen LogP contribution in [-0.2, 0) is 11.2 Å². The molecule has 19 heavy (non-hydrogen) atoms. The summed E-state index contributed by atoms with van der Waals surface area (Å²) in [5.41, 5.74) is 0.863. The van der Waals surface area contributed by atoms with Crippen molar-refractivity contribution in [1.82, 2.24) is 10.3 Å². The molecule has 1 aliphatic heterocycles. The van der Waals surface area contributed by atoms with Gasteiger partial charge in [-0.15, -0.1) is 0 Å². The van der Waals surface area contributed by atoms with E-state index in [1.165, 1.54) is 11.3 Å². The van der Waals surface area contributed by atoms with Gasteiger partial charge in [0.2, 0.25) is 5.91 Å². The Morgan fingerprint density at radius 3 is 2.84 bits per heavy atom. The molecular weight excluding hydrogens is 262 g/mol. The number of thiazole rings is 1. The van der Waals surface area contributed by atoms with Gasteiger partial charge < -0.3 is 10.6 Å². The van der Waals surface area contributed by atoms with Gasteiger partial charge in [0.15, 0.2) is 10.9 Å². The number of fused-ring (bicyclic) bond motifs is 1. The predicted octanol–water partition coefficient (Wildman–Crippen LogP) is 1.60. The lowest BCUT2D eigenvalue weighted by Crippen LogP contribution is -2.34. The number of hydrogen-bond acceptors (Lipinski definition) is 5. The molecule has 0 bridgehead atoms. The third kappa shape index (κ3) is 2.69. The maximum Gasteiger partial charge on any atom is 0.229 e. The van der Waals surface area contributed by atoms with Gasteiger partial charge in [-0.3, -0.25) is 9.59 Å². The highest BCUT2D eigenvalue weighted by Gasteiger charge is 2.25. The molecule has 0 spiro atoms. The Kier molecular flexibility index (Phi) is 3.61. The minimum atomic E-state index is 0.0417. The number of nitrogens with zero attached hydrogens (tertiary/aromatic N) is 1. The van der Waals surface area contributed by atoms with Crippen molar-refractivity contribution in [3.8, 4) is 0 Å². The fourth-order valence-corrected chi connectivity index (χ4v) is 3.60. The second kappa shape index (κ2) is 5.38. The van der Waals surface area contributed by atoms with Crippen molar-refractivity contribution >= 4 is 28.2 Å². The monoisotopic (exact) mass is 279 g/mol. The van der Waals surface area contributed by atoms with Crippen LogP contribution in [0.25, 0.3) is 0 Å². The second-order valence-corrected chi connectivity index (χ2v) is 6.08. The summed E-state index contributed by atoms with van der Waals surface area (Å²) in [5.74, 6) is 0.277. The van der Waals surface area contributed by atoms with Crippen LogP contribution in [-0.4, -0.2) is 29.8 Å². The first-order chi connectivity index (χ1) is 9.24. The number of hydrogen-bond donors (Lipinski definition) is 2. The number of piperidine rings is 1. The smallest absolute Gasteiger partial charge is 0.229 e. The van der Waals surface area contributed by atoms with E-state index in [2.05, 4.69) is 15.6 Å². The highest BCUT2D eigenvalue weighted by molar-refractivity contribution is 7.17. The zero-order chi connectivity index (χ0) is 13.2. The minimum absolute atomic E-state index is 0.0417. The van der Waals surface area contributed by atoms with Gasteiger partial charge in [-0.2, -0.15) is 0 Å². The van der Waals surface area contributed by atoms with Crippen molar-refractivity contribution in [2.75, 3.05) is 18.4 Å². The summed E-state index contributed by atoms with van der Waals surface area (Å²) in [5, 5.41) is 6.71. The van der Waals surface area contributed by atoms with Crippen LogP contribution in [0.4, 0.5) is 5.13 Å². The molecule has 1 amide bonds. The van der Waals surface area contributed by atoms with Crippen LogP contribution >= 0.6 is 11.3 Å². The number of rotatable bonds is 2. The largest absolute Gasteiger partial charge is 0.317 e. The number of ketones is 1. The van der Waals surface area contributed by atoms with E-state index < -0.39 is 0 Å². The fraction of sp³-hybridized carbons (Fsp3) is 0.615. The summed E-state index contributed by atoms with van der Waals surface area (Å²) in [4.78, 5) is 29.0. The molecule has 5 nitrogen and oxygen atoms in total. The van der Waals surface area contributed by atoms with Crippen molar-refractivity contribution in [2.24, 2.45) is 5.92 Å². The molecule has 2 N–H and O–H groups in total. The van der Waals surface area contributed by atoms with Crippen LogP contribution in [0.1, 0.15) is 41.0 Å². The van der Waals surface area contributed by atoms with Crippen molar-refractivity contribution in [3.63, 3.8) is 0 Å². The van der Waals surface area contributed by atoms with E-state index in [-0.39, 0.29) is 17.6 Å².